The highest BCUT2D eigenvalue weighted by Crippen LogP contribution is 2.32. The topological polar surface area (TPSA) is 86.8 Å². The van der Waals surface area contributed by atoms with Crippen molar-refractivity contribution in [2.24, 2.45) is 0 Å². The Kier molecular flexibility index (Phi) is 10.5. The van der Waals surface area contributed by atoms with E-state index in [9.17, 15) is 31.2 Å². The largest absolute Gasteiger partial charge is 0.416 e. The second-order valence-corrected chi connectivity index (χ2v) is 10.8. The number of rotatable bonds is 12. The molecule has 0 spiro atoms. The first-order chi connectivity index (χ1) is 17.3. The maximum absolute atomic E-state index is 13.3. The molecule has 0 saturated heterocycles. The fraction of sp³-hybridized carbons (Fsp3) is 0.462. The maximum Gasteiger partial charge on any atom is 0.416 e. The third kappa shape index (κ3) is 8.77. The number of hydrogen-bond donors (Lipinski definition) is 1. The summed E-state index contributed by atoms with van der Waals surface area (Å²) in [6.45, 7) is 5.91. The zero-order valence-corrected chi connectivity index (χ0v) is 22.3. The molecule has 204 valence electrons. The monoisotopic (exact) mass is 541 g/mol. The molecule has 1 atom stereocenters. The molecule has 0 aliphatic heterocycles. The fourth-order valence-corrected chi connectivity index (χ4v) is 4.75. The Balaban J connectivity index is 2.21. The standard InChI is InChI=1S/C26H34F3N3O4S/c1-5-15-30-25(34)20(3)31(18-21-11-7-6-10-19(21)2)24(33)14-9-16-32(37(4,35)36)23-13-8-12-22(17-23)26(27,28)29/h6-8,10-13,17,20H,5,9,14-16,18H2,1-4H3,(H,30,34). The molecular weight excluding hydrogens is 507 g/mol. The third-order valence-electron chi connectivity index (χ3n) is 5.93. The van der Waals surface area contributed by atoms with Crippen LogP contribution in [-0.2, 0) is 32.3 Å². The molecule has 2 aromatic rings. The minimum Gasteiger partial charge on any atom is -0.354 e. The SMILES string of the molecule is CCCNC(=O)C(C)N(Cc1ccccc1C)C(=O)CCCN(c1cccc(C(F)(F)F)c1)S(C)(=O)=O. The van der Waals surface area contributed by atoms with Crippen molar-refractivity contribution in [3.63, 3.8) is 0 Å². The quantitative estimate of drug-likeness (QED) is 0.429. The van der Waals surface area contributed by atoms with Crippen molar-refractivity contribution in [1.29, 1.82) is 0 Å². The first-order valence-electron chi connectivity index (χ1n) is 12.0. The number of nitrogens with zero attached hydrogens (tertiary/aromatic N) is 2. The van der Waals surface area contributed by atoms with Crippen molar-refractivity contribution in [2.75, 3.05) is 23.7 Å². The van der Waals surface area contributed by atoms with Gasteiger partial charge in [-0.25, -0.2) is 8.42 Å². The molecule has 2 rings (SSSR count). The van der Waals surface area contributed by atoms with Gasteiger partial charge < -0.3 is 10.2 Å². The van der Waals surface area contributed by atoms with E-state index in [1.165, 1.54) is 11.0 Å². The predicted octanol–water partition coefficient (Wildman–Crippen LogP) is 4.50. The summed E-state index contributed by atoms with van der Waals surface area (Å²) in [7, 11) is -3.92. The van der Waals surface area contributed by atoms with Gasteiger partial charge in [0.1, 0.15) is 6.04 Å². The van der Waals surface area contributed by atoms with Crippen LogP contribution in [0.15, 0.2) is 48.5 Å². The summed E-state index contributed by atoms with van der Waals surface area (Å²) in [6.07, 6.45) is -3.03. The van der Waals surface area contributed by atoms with Crippen molar-refractivity contribution >= 4 is 27.5 Å². The summed E-state index contributed by atoms with van der Waals surface area (Å²) in [4.78, 5) is 27.4. The smallest absolute Gasteiger partial charge is 0.354 e. The minimum atomic E-state index is -4.63. The lowest BCUT2D eigenvalue weighted by atomic mass is 10.1. The summed E-state index contributed by atoms with van der Waals surface area (Å²) < 4.78 is 65.1. The van der Waals surface area contributed by atoms with Crippen LogP contribution < -0.4 is 9.62 Å². The van der Waals surface area contributed by atoms with Gasteiger partial charge in [0, 0.05) is 26.1 Å². The lowest BCUT2D eigenvalue weighted by Crippen LogP contribution is -2.48. The molecule has 0 saturated carbocycles. The van der Waals surface area contributed by atoms with E-state index in [0.29, 0.717) is 6.54 Å². The number of benzene rings is 2. The molecule has 0 fully saturated rings. The van der Waals surface area contributed by atoms with Crippen molar-refractivity contribution in [3.8, 4) is 0 Å². The average Bonchev–Trinajstić information content (AvgIpc) is 2.82. The van der Waals surface area contributed by atoms with E-state index in [1.54, 1.807) is 6.92 Å². The number of amides is 2. The highest BCUT2D eigenvalue weighted by atomic mass is 32.2. The molecule has 1 N–H and O–H groups in total. The molecule has 7 nitrogen and oxygen atoms in total. The summed E-state index contributed by atoms with van der Waals surface area (Å²) in [6, 6.07) is 10.8. The van der Waals surface area contributed by atoms with Crippen LogP contribution in [-0.4, -0.2) is 50.5 Å². The van der Waals surface area contributed by atoms with Gasteiger partial charge in [0.2, 0.25) is 21.8 Å². The molecule has 1 unspecified atom stereocenters. The van der Waals surface area contributed by atoms with Gasteiger partial charge in [0.15, 0.2) is 0 Å². The second-order valence-electron chi connectivity index (χ2n) is 8.90. The number of carbonyl (C=O) groups excluding carboxylic acids is 2. The van der Waals surface area contributed by atoms with E-state index in [0.717, 1.165) is 46.3 Å². The Hall–Kier alpha value is -3.08. The first kappa shape index (κ1) is 30.1. The zero-order chi connectivity index (χ0) is 27.8. The Labute approximate surface area is 216 Å². The third-order valence-corrected chi connectivity index (χ3v) is 7.13. The molecule has 0 bridgehead atoms. The number of hydrogen-bond acceptors (Lipinski definition) is 4. The predicted molar refractivity (Wildman–Crippen MR) is 137 cm³/mol. The summed E-state index contributed by atoms with van der Waals surface area (Å²) >= 11 is 0. The molecular formula is C26H34F3N3O4S. The molecule has 0 heterocycles. The van der Waals surface area contributed by atoms with Gasteiger partial charge in [-0.2, -0.15) is 13.2 Å². The highest BCUT2D eigenvalue weighted by molar-refractivity contribution is 7.92. The molecule has 0 aliphatic rings. The van der Waals surface area contributed by atoms with Crippen LogP contribution in [0, 0.1) is 6.92 Å². The van der Waals surface area contributed by atoms with Crippen LogP contribution in [0.4, 0.5) is 18.9 Å². The molecule has 37 heavy (non-hydrogen) atoms. The van der Waals surface area contributed by atoms with Crippen LogP contribution in [0.5, 0.6) is 0 Å². The Bertz CT molecular complexity index is 1190. The van der Waals surface area contributed by atoms with Crippen LogP contribution in [0.3, 0.4) is 0 Å². The zero-order valence-electron chi connectivity index (χ0n) is 21.5. The second kappa shape index (κ2) is 12.9. The number of alkyl halides is 3. The van der Waals surface area contributed by atoms with Gasteiger partial charge in [0.05, 0.1) is 17.5 Å². The molecule has 2 aromatic carbocycles. The van der Waals surface area contributed by atoms with E-state index < -0.39 is 27.8 Å². The normalized spacial score (nSPS) is 12.6. The summed E-state index contributed by atoms with van der Waals surface area (Å²) in [5.74, 6) is -0.662. The molecule has 0 aliphatic carbocycles. The number of nitrogens with one attached hydrogen (secondary N) is 1. The van der Waals surface area contributed by atoms with Crippen LogP contribution in [0.2, 0.25) is 0 Å². The van der Waals surface area contributed by atoms with Gasteiger partial charge in [-0.1, -0.05) is 37.3 Å². The Morgan fingerprint density at radius 3 is 2.35 bits per heavy atom. The van der Waals surface area contributed by atoms with E-state index in [2.05, 4.69) is 5.32 Å². The lowest BCUT2D eigenvalue weighted by Gasteiger charge is -2.30. The number of halogens is 3. The Morgan fingerprint density at radius 1 is 1.08 bits per heavy atom. The van der Waals surface area contributed by atoms with E-state index in [-0.39, 0.29) is 43.4 Å². The molecule has 2 amide bonds. The van der Waals surface area contributed by atoms with Crippen molar-refractivity contribution < 1.29 is 31.2 Å². The van der Waals surface area contributed by atoms with Crippen molar-refractivity contribution in [3.05, 3.63) is 65.2 Å². The minimum absolute atomic E-state index is 0.0513. The van der Waals surface area contributed by atoms with Gasteiger partial charge >= 0.3 is 6.18 Å². The van der Waals surface area contributed by atoms with E-state index >= 15 is 0 Å². The number of anilines is 1. The summed E-state index contributed by atoms with van der Waals surface area (Å²) in [5, 5.41) is 2.79. The van der Waals surface area contributed by atoms with Gasteiger partial charge in [0.25, 0.3) is 0 Å². The average molecular weight is 542 g/mol. The highest BCUT2D eigenvalue weighted by Gasteiger charge is 2.32. The lowest BCUT2D eigenvalue weighted by molar-refractivity contribution is -0.140. The molecule has 0 radical (unpaired) electrons. The van der Waals surface area contributed by atoms with Gasteiger partial charge in [-0.3, -0.25) is 13.9 Å². The van der Waals surface area contributed by atoms with Crippen molar-refractivity contribution in [2.45, 2.75) is 58.8 Å². The molecule has 0 aromatic heterocycles. The number of carbonyl (C=O) groups is 2. The van der Waals surface area contributed by atoms with Crippen LogP contribution >= 0.6 is 0 Å². The van der Waals surface area contributed by atoms with Gasteiger partial charge in [-0.15, -0.1) is 0 Å². The number of sulfonamides is 1. The van der Waals surface area contributed by atoms with Gasteiger partial charge in [-0.05, 0) is 56.0 Å². The Morgan fingerprint density at radius 2 is 1.76 bits per heavy atom. The maximum atomic E-state index is 13.3. The number of aryl methyl sites for hydroxylation is 1. The van der Waals surface area contributed by atoms with E-state index in [1.807, 2.05) is 38.1 Å². The van der Waals surface area contributed by atoms with Crippen LogP contribution in [0.1, 0.15) is 49.8 Å². The first-order valence-corrected chi connectivity index (χ1v) is 13.9. The van der Waals surface area contributed by atoms with E-state index in [4.69, 9.17) is 0 Å². The summed E-state index contributed by atoms with van der Waals surface area (Å²) in [5.41, 5.74) is 0.724. The molecule has 11 heteroatoms. The fourth-order valence-electron chi connectivity index (χ4n) is 3.79. The van der Waals surface area contributed by atoms with Crippen molar-refractivity contribution in [1.82, 2.24) is 10.2 Å². The van der Waals surface area contributed by atoms with Crippen LogP contribution in [0.25, 0.3) is 0 Å².